The molecule has 2 N–H and O–H groups in total. The number of aliphatic carboxylic acids is 1. The number of carboxylic acid groups (broad SMARTS) is 1. The molecule has 0 saturated carbocycles. The zero-order valence-corrected chi connectivity index (χ0v) is 21.8. The van der Waals surface area contributed by atoms with Crippen molar-refractivity contribution in [2.75, 3.05) is 13.2 Å². The maximum atomic E-state index is 11.1. The highest BCUT2D eigenvalue weighted by Crippen LogP contribution is 2.37. The van der Waals surface area contributed by atoms with Crippen LogP contribution in [0.3, 0.4) is 0 Å². The summed E-state index contributed by atoms with van der Waals surface area (Å²) in [4.78, 5) is 20.5. The minimum absolute atomic E-state index is 0.121. The number of hydrogen-bond acceptors (Lipinski definition) is 5. The number of aromatic nitrogens is 2. The van der Waals surface area contributed by atoms with Gasteiger partial charge in [0, 0.05) is 17.8 Å². The van der Waals surface area contributed by atoms with Crippen LogP contribution in [0.5, 0.6) is 5.75 Å². The van der Waals surface area contributed by atoms with E-state index in [0.717, 1.165) is 59.9 Å². The highest BCUT2D eigenvalue weighted by atomic mass is 16.5. The minimum atomic E-state index is -0.733. The number of fused-ring (bicyclic) bond motifs is 1. The molecule has 0 spiro atoms. The highest BCUT2D eigenvalue weighted by molar-refractivity contribution is 5.68. The van der Waals surface area contributed by atoms with Crippen LogP contribution in [0.4, 0.5) is 0 Å². The number of carboxylic acids is 1. The van der Waals surface area contributed by atoms with E-state index in [1.807, 2.05) is 25.1 Å². The predicted molar refractivity (Wildman–Crippen MR) is 142 cm³/mol. The van der Waals surface area contributed by atoms with Crippen LogP contribution in [0.1, 0.15) is 74.0 Å². The van der Waals surface area contributed by atoms with Gasteiger partial charge in [-0.2, -0.15) is 0 Å². The van der Waals surface area contributed by atoms with Gasteiger partial charge in [0.2, 0.25) is 0 Å². The van der Waals surface area contributed by atoms with Gasteiger partial charge < -0.3 is 15.2 Å². The second kappa shape index (κ2) is 11.2. The molecule has 6 nitrogen and oxygen atoms in total. The first-order valence-electron chi connectivity index (χ1n) is 12.8. The van der Waals surface area contributed by atoms with Crippen LogP contribution in [-0.2, 0) is 23.2 Å². The van der Waals surface area contributed by atoms with E-state index in [-0.39, 0.29) is 17.8 Å². The molecule has 0 bridgehead atoms. The number of benzene rings is 2. The quantitative estimate of drug-likeness (QED) is 0.351. The molecule has 2 aromatic carbocycles. The van der Waals surface area contributed by atoms with Crippen molar-refractivity contribution in [3.05, 3.63) is 76.6 Å². The van der Waals surface area contributed by atoms with Crippen molar-refractivity contribution < 1.29 is 14.6 Å². The number of rotatable bonds is 10. The van der Waals surface area contributed by atoms with Gasteiger partial charge >= 0.3 is 5.97 Å². The Kier molecular flexibility index (Phi) is 8.04. The van der Waals surface area contributed by atoms with Gasteiger partial charge in [-0.15, -0.1) is 0 Å². The standard InChI is InChI=1S/C30H37N3O3/c1-20-16-25(33-29(32-20)21-8-10-24(11-9-21)30(2,3)4)19-31-14-5-15-36-26-12-13-27-22(17-26)6-7-23(27)18-28(34)35/h8-13,16-17,23,31H,5-7,14-15,18-19H2,1-4H3,(H,34,35)/t23-/m0/s1. The number of aryl methyl sites for hydroxylation is 2. The van der Waals surface area contributed by atoms with Crippen molar-refractivity contribution in [1.29, 1.82) is 0 Å². The van der Waals surface area contributed by atoms with Crippen LogP contribution in [0.15, 0.2) is 48.5 Å². The van der Waals surface area contributed by atoms with E-state index in [1.165, 1.54) is 11.1 Å². The van der Waals surface area contributed by atoms with Gasteiger partial charge in [0.05, 0.1) is 18.7 Å². The molecule has 0 fully saturated rings. The number of nitrogens with one attached hydrogen (secondary N) is 1. The molecule has 36 heavy (non-hydrogen) atoms. The minimum Gasteiger partial charge on any atom is -0.494 e. The highest BCUT2D eigenvalue weighted by Gasteiger charge is 2.24. The molecule has 1 aromatic heterocycles. The molecule has 190 valence electrons. The van der Waals surface area contributed by atoms with Crippen LogP contribution < -0.4 is 10.1 Å². The average Bonchev–Trinajstić information content (AvgIpc) is 3.22. The first-order chi connectivity index (χ1) is 17.2. The van der Waals surface area contributed by atoms with E-state index in [2.05, 4.69) is 61.4 Å². The zero-order chi connectivity index (χ0) is 25.7. The average molecular weight is 488 g/mol. The molecule has 0 unspecified atom stereocenters. The summed E-state index contributed by atoms with van der Waals surface area (Å²) < 4.78 is 5.95. The van der Waals surface area contributed by atoms with Gasteiger partial charge in [0.15, 0.2) is 5.82 Å². The molecule has 6 heteroatoms. The first-order valence-corrected chi connectivity index (χ1v) is 12.8. The van der Waals surface area contributed by atoms with Crippen LogP contribution in [0.2, 0.25) is 0 Å². The molecule has 0 saturated heterocycles. The lowest BCUT2D eigenvalue weighted by atomic mass is 9.87. The molecule has 0 radical (unpaired) electrons. The summed E-state index contributed by atoms with van der Waals surface area (Å²) >= 11 is 0. The van der Waals surface area contributed by atoms with Crippen LogP contribution >= 0.6 is 0 Å². The van der Waals surface area contributed by atoms with Crippen LogP contribution in [-0.4, -0.2) is 34.2 Å². The largest absolute Gasteiger partial charge is 0.494 e. The topological polar surface area (TPSA) is 84.3 Å². The number of ether oxygens (including phenoxy) is 1. The van der Waals surface area contributed by atoms with Gasteiger partial charge in [-0.05, 0) is 79.0 Å². The van der Waals surface area contributed by atoms with E-state index in [1.54, 1.807) is 0 Å². The SMILES string of the molecule is Cc1cc(CNCCCOc2ccc3c(c2)CC[C@H]3CC(=O)O)nc(-c2ccc(C(C)(C)C)cc2)n1. The van der Waals surface area contributed by atoms with Gasteiger partial charge in [0.25, 0.3) is 0 Å². The summed E-state index contributed by atoms with van der Waals surface area (Å²) in [6.07, 6.45) is 2.91. The van der Waals surface area contributed by atoms with E-state index in [0.29, 0.717) is 13.2 Å². The second-order valence-electron chi connectivity index (χ2n) is 10.7. The molecule has 0 aliphatic heterocycles. The molecule has 0 amide bonds. The maximum absolute atomic E-state index is 11.1. The Hall–Kier alpha value is -3.25. The normalized spacial score (nSPS) is 15.1. The Morgan fingerprint density at radius 3 is 2.61 bits per heavy atom. The van der Waals surface area contributed by atoms with Crippen LogP contribution in [0.25, 0.3) is 11.4 Å². The molecule has 4 rings (SSSR count). The van der Waals surface area contributed by atoms with Gasteiger partial charge in [-0.1, -0.05) is 51.1 Å². The zero-order valence-electron chi connectivity index (χ0n) is 21.8. The Bertz CT molecular complexity index is 1200. The molecule has 1 heterocycles. The van der Waals surface area contributed by atoms with Crippen molar-refractivity contribution in [2.24, 2.45) is 0 Å². The van der Waals surface area contributed by atoms with E-state index >= 15 is 0 Å². The molecular weight excluding hydrogens is 450 g/mol. The van der Waals surface area contributed by atoms with E-state index in [4.69, 9.17) is 14.8 Å². The van der Waals surface area contributed by atoms with E-state index in [9.17, 15) is 4.79 Å². The Labute approximate surface area is 214 Å². The molecular formula is C30H37N3O3. The summed E-state index contributed by atoms with van der Waals surface area (Å²) in [5.41, 5.74) is 6.78. The number of carbonyl (C=O) groups is 1. The Morgan fingerprint density at radius 1 is 1.11 bits per heavy atom. The summed E-state index contributed by atoms with van der Waals surface area (Å²) in [6.45, 7) is 10.8. The predicted octanol–water partition coefficient (Wildman–Crippen LogP) is 5.81. The fourth-order valence-electron chi connectivity index (χ4n) is 4.77. The third-order valence-corrected chi connectivity index (χ3v) is 6.73. The van der Waals surface area contributed by atoms with Crippen molar-refractivity contribution in [2.45, 2.75) is 71.3 Å². The summed E-state index contributed by atoms with van der Waals surface area (Å²) in [7, 11) is 0. The lowest BCUT2D eigenvalue weighted by Gasteiger charge is -2.19. The third-order valence-electron chi connectivity index (χ3n) is 6.73. The molecule has 1 aliphatic rings. The van der Waals surface area contributed by atoms with Crippen molar-refractivity contribution in [3.8, 4) is 17.1 Å². The fraction of sp³-hybridized carbons (Fsp3) is 0.433. The Balaban J connectivity index is 1.24. The summed E-state index contributed by atoms with van der Waals surface area (Å²) in [5.74, 6) is 1.02. The lowest BCUT2D eigenvalue weighted by Crippen LogP contribution is -2.18. The monoisotopic (exact) mass is 487 g/mol. The third kappa shape index (κ3) is 6.70. The van der Waals surface area contributed by atoms with E-state index < -0.39 is 5.97 Å². The molecule has 3 aromatic rings. The molecule has 1 atom stereocenters. The summed E-state index contributed by atoms with van der Waals surface area (Å²) in [6, 6.07) is 16.6. The second-order valence-corrected chi connectivity index (χ2v) is 10.7. The maximum Gasteiger partial charge on any atom is 0.303 e. The van der Waals surface area contributed by atoms with Gasteiger partial charge in [-0.25, -0.2) is 9.97 Å². The smallest absolute Gasteiger partial charge is 0.303 e. The van der Waals surface area contributed by atoms with Crippen molar-refractivity contribution in [3.63, 3.8) is 0 Å². The van der Waals surface area contributed by atoms with Crippen molar-refractivity contribution >= 4 is 5.97 Å². The molecule has 1 aliphatic carbocycles. The van der Waals surface area contributed by atoms with Crippen molar-refractivity contribution in [1.82, 2.24) is 15.3 Å². The Morgan fingerprint density at radius 2 is 1.89 bits per heavy atom. The summed E-state index contributed by atoms with van der Waals surface area (Å²) in [5, 5.41) is 12.6. The van der Waals surface area contributed by atoms with Crippen LogP contribution in [0, 0.1) is 6.92 Å². The van der Waals surface area contributed by atoms with Gasteiger partial charge in [0.1, 0.15) is 5.75 Å². The number of nitrogens with zero attached hydrogens (tertiary/aromatic N) is 2. The number of hydrogen-bond donors (Lipinski definition) is 2. The van der Waals surface area contributed by atoms with Gasteiger partial charge in [-0.3, -0.25) is 4.79 Å². The first kappa shape index (κ1) is 25.8. The fourth-order valence-corrected chi connectivity index (χ4v) is 4.77. The lowest BCUT2D eigenvalue weighted by molar-refractivity contribution is -0.137.